The predicted molar refractivity (Wildman–Crippen MR) is 119 cm³/mol. The molecule has 4 aromatic rings. The Labute approximate surface area is 182 Å². The summed E-state index contributed by atoms with van der Waals surface area (Å²) >= 11 is 6.26. The first-order valence-electron chi connectivity index (χ1n) is 9.85. The molecule has 2 aromatic carbocycles. The number of anilines is 1. The number of halogens is 1. The molecule has 31 heavy (non-hydrogen) atoms. The first-order chi connectivity index (χ1) is 14.9. The van der Waals surface area contributed by atoms with Crippen molar-refractivity contribution in [3.63, 3.8) is 0 Å². The van der Waals surface area contributed by atoms with E-state index >= 15 is 0 Å². The van der Waals surface area contributed by atoms with E-state index in [1.165, 1.54) is 7.11 Å². The van der Waals surface area contributed by atoms with Gasteiger partial charge in [-0.05, 0) is 36.8 Å². The van der Waals surface area contributed by atoms with Crippen molar-refractivity contribution in [1.82, 2.24) is 9.97 Å². The highest BCUT2D eigenvalue weighted by Gasteiger charge is 2.36. The van der Waals surface area contributed by atoms with Crippen molar-refractivity contribution in [2.24, 2.45) is 0 Å². The lowest BCUT2D eigenvalue weighted by molar-refractivity contribution is 0.0595. The van der Waals surface area contributed by atoms with Gasteiger partial charge in [0, 0.05) is 40.7 Å². The molecule has 0 spiro atoms. The molecule has 1 amide bonds. The number of alkyl halides is 1. The second kappa shape index (κ2) is 7.06. The zero-order valence-corrected chi connectivity index (χ0v) is 17.7. The van der Waals surface area contributed by atoms with Crippen molar-refractivity contribution in [2.75, 3.05) is 24.4 Å². The minimum absolute atomic E-state index is 0.0517. The number of ether oxygens (including phenoxy) is 1. The molecule has 7 nitrogen and oxygen atoms in total. The maximum absolute atomic E-state index is 13.4. The molecule has 0 radical (unpaired) electrons. The number of fused-ring (bicyclic) bond motifs is 4. The van der Waals surface area contributed by atoms with Crippen molar-refractivity contribution >= 4 is 51.0 Å². The van der Waals surface area contributed by atoms with E-state index in [2.05, 4.69) is 9.97 Å². The van der Waals surface area contributed by atoms with E-state index in [-0.39, 0.29) is 23.3 Å². The first kappa shape index (κ1) is 19.5. The van der Waals surface area contributed by atoms with E-state index in [4.69, 9.17) is 16.3 Å². The Balaban J connectivity index is 1.63. The number of methoxy groups -OCH3 is 1. The summed E-state index contributed by atoms with van der Waals surface area (Å²) in [5, 5.41) is 12.2. The number of aromatic amines is 2. The number of H-pyrrole nitrogens is 2. The third-order valence-electron chi connectivity index (χ3n) is 5.86. The van der Waals surface area contributed by atoms with Crippen molar-refractivity contribution in [3.8, 4) is 5.75 Å². The number of esters is 1. The summed E-state index contributed by atoms with van der Waals surface area (Å²) in [6.45, 7) is 2.38. The molecular weight excluding hydrogens is 418 g/mol. The fourth-order valence-corrected chi connectivity index (χ4v) is 4.65. The average molecular weight is 438 g/mol. The molecule has 1 atom stereocenters. The summed E-state index contributed by atoms with van der Waals surface area (Å²) < 4.78 is 4.79. The number of phenolic OH excluding ortho intramolecular Hbond substituents is 1. The monoisotopic (exact) mass is 437 g/mol. The second-order valence-electron chi connectivity index (χ2n) is 7.83. The summed E-state index contributed by atoms with van der Waals surface area (Å²) in [6.07, 6.45) is 0. The van der Waals surface area contributed by atoms with E-state index in [9.17, 15) is 14.7 Å². The Morgan fingerprint density at radius 2 is 2.00 bits per heavy atom. The maximum atomic E-state index is 13.4. The largest absolute Gasteiger partial charge is 0.506 e. The van der Waals surface area contributed by atoms with Gasteiger partial charge in [-0.15, -0.1) is 11.6 Å². The molecule has 0 unspecified atom stereocenters. The zero-order chi connectivity index (χ0) is 21.9. The maximum Gasteiger partial charge on any atom is 0.354 e. The van der Waals surface area contributed by atoms with Gasteiger partial charge < -0.3 is 24.7 Å². The summed E-state index contributed by atoms with van der Waals surface area (Å²) in [6, 6.07) is 11.0. The Kier molecular flexibility index (Phi) is 4.44. The number of hydrogen-bond donors (Lipinski definition) is 3. The minimum atomic E-state index is -0.536. The Hall–Kier alpha value is -3.45. The molecular formula is C23H20ClN3O4. The van der Waals surface area contributed by atoms with Crippen LogP contribution in [0.25, 0.3) is 21.8 Å². The van der Waals surface area contributed by atoms with E-state index in [1.54, 1.807) is 17.0 Å². The summed E-state index contributed by atoms with van der Waals surface area (Å²) in [5.74, 6) is -0.640. The number of aromatic hydroxyl groups is 1. The molecule has 158 valence electrons. The van der Waals surface area contributed by atoms with Crippen molar-refractivity contribution in [3.05, 3.63) is 58.9 Å². The van der Waals surface area contributed by atoms with Crippen LogP contribution in [0.4, 0.5) is 5.69 Å². The number of aryl methyl sites for hydroxylation is 1. The zero-order valence-electron chi connectivity index (χ0n) is 17.0. The molecule has 1 aliphatic rings. The Morgan fingerprint density at radius 1 is 1.19 bits per heavy atom. The van der Waals surface area contributed by atoms with Gasteiger partial charge in [0.1, 0.15) is 17.1 Å². The SMILES string of the molecule is COC(=O)c1cc2c3c(cc(O)c2[nH]1)N(C(=O)c1cc2cc(C)ccc2[nH]1)C[C@H]3CCl. The topological polar surface area (TPSA) is 98.4 Å². The summed E-state index contributed by atoms with van der Waals surface area (Å²) in [4.78, 5) is 33.1. The number of amides is 1. The molecule has 3 heterocycles. The van der Waals surface area contributed by atoms with Gasteiger partial charge >= 0.3 is 5.97 Å². The van der Waals surface area contributed by atoms with Gasteiger partial charge in [-0.25, -0.2) is 4.79 Å². The molecule has 0 saturated carbocycles. The fraction of sp³-hybridized carbons (Fsp3) is 0.217. The van der Waals surface area contributed by atoms with Crippen LogP contribution >= 0.6 is 11.6 Å². The van der Waals surface area contributed by atoms with Crippen molar-refractivity contribution in [2.45, 2.75) is 12.8 Å². The van der Waals surface area contributed by atoms with Crippen molar-refractivity contribution in [1.29, 1.82) is 0 Å². The van der Waals surface area contributed by atoms with Gasteiger partial charge in [-0.1, -0.05) is 11.6 Å². The van der Waals surface area contributed by atoms with E-state index in [0.29, 0.717) is 34.7 Å². The lowest BCUT2D eigenvalue weighted by Gasteiger charge is -2.17. The van der Waals surface area contributed by atoms with Gasteiger partial charge in [0.2, 0.25) is 0 Å². The smallest absolute Gasteiger partial charge is 0.354 e. The van der Waals surface area contributed by atoms with Gasteiger partial charge in [-0.3, -0.25) is 4.79 Å². The Bertz CT molecular complexity index is 1370. The van der Waals surface area contributed by atoms with Crippen LogP contribution in [-0.2, 0) is 4.74 Å². The molecule has 0 bridgehead atoms. The number of carbonyl (C=O) groups is 2. The molecule has 8 heteroatoms. The lowest BCUT2D eigenvalue weighted by atomic mass is 9.98. The van der Waals surface area contributed by atoms with Crippen LogP contribution in [0.15, 0.2) is 36.4 Å². The quantitative estimate of drug-likeness (QED) is 0.326. The lowest BCUT2D eigenvalue weighted by Crippen LogP contribution is -2.30. The molecule has 1 aliphatic heterocycles. The number of carbonyl (C=O) groups excluding carboxylic acids is 2. The number of phenols is 1. The average Bonchev–Trinajstić information content (AvgIpc) is 3.47. The second-order valence-corrected chi connectivity index (χ2v) is 8.14. The van der Waals surface area contributed by atoms with Crippen LogP contribution in [0.5, 0.6) is 5.75 Å². The molecule has 0 aliphatic carbocycles. The Morgan fingerprint density at radius 3 is 2.74 bits per heavy atom. The number of nitrogens with one attached hydrogen (secondary N) is 2. The van der Waals surface area contributed by atoms with Gasteiger partial charge in [0.25, 0.3) is 5.91 Å². The number of rotatable bonds is 3. The number of aromatic nitrogens is 2. The first-order valence-corrected chi connectivity index (χ1v) is 10.4. The normalized spacial score (nSPS) is 15.6. The summed E-state index contributed by atoms with van der Waals surface area (Å²) in [5.41, 5.74) is 4.52. The van der Waals surface area contributed by atoms with Gasteiger partial charge in [0.05, 0.1) is 18.3 Å². The van der Waals surface area contributed by atoms with Crippen LogP contribution in [0.1, 0.15) is 38.0 Å². The highest BCUT2D eigenvalue weighted by Crippen LogP contribution is 2.45. The van der Waals surface area contributed by atoms with Gasteiger partial charge in [-0.2, -0.15) is 0 Å². The third kappa shape index (κ3) is 2.96. The van der Waals surface area contributed by atoms with E-state index < -0.39 is 5.97 Å². The van der Waals surface area contributed by atoms with Crippen LogP contribution in [0.2, 0.25) is 0 Å². The third-order valence-corrected chi connectivity index (χ3v) is 6.23. The number of nitrogens with zero attached hydrogens (tertiary/aromatic N) is 1. The van der Waals surface area contributed by atoms with Crippen molar-refractivity contribution < 1.29 is 19.4 Å². The van der Waals surface area contributed by atoms with Gasteiger partial charge in [0.15, 0.2) is 0 Å². The number of benzene rings is 2. The highest BCUT2D eigenvalue weighted by molar-refractivity contribution is 6.19. The minimum Gasteiger partial charge on any atom is -0.506 e. The standard InChI is InChI=1S/C23H20ClN3O4/c1-11-3-4-15-12(5-11)6-16(25-15)22(29)27-10-13(9-24)20-14-7-17(23(30)31-2)26-21(14)19(28)8-18(20)27/h3-8,13,25-26,28H,9-10H2,1-2H3/t13-/m1/s1. The molecule has 0 saturated heterocycles. The molecule has 5 rings (SSSR count). The molecule has 2 aromatic heterocycles. The van der Waals surface area contributed by atoms with Crippen LogP contribution in [0.3, 0.4) is 0 Å². The predicted octanol–water partition coefficient (Wildman–Crippen LogP) is 4.43. The highest BCUT2D eigenvalue weighted by atomic mass is 35.5. The summed E-state index contributed by atoms with van der Waals surface area (Å²) in [7, 11) is 1.29. The van der Waals surface area contributed by atoms with E-state index in [1.807, 2.05) is 31.2 Å². The van der Waals surface area contributed by atoms with Crippen LogP contribution in [-0.4, -0.2) is 46.5 Å². The van der Waals surface area contributed by atoms with E-state index in [0.717, 1.165) is 22.0 Å². The number of hydrogen-bond acceptors (Lipinski definition) is 4. The van der Waals surface area contributed by atoms with Crippen LogP contribution < -0.4 is 4.90 Å². The fourth-order valence-electron chi connectivity index (χ4n) is 4.40. The van der Waals surface area contributed by atoms with Crippen LogP contribution in [0, 0.1) is 6.92 Å². The molecule has 0 fully saturated rings. The molecule has 3 N–H and O–H groups in total.